The molecule has 0 bridgehead atoms. The number of nitrogens with zero attached hydrogens (tertiary/aromatic N) is 2. The van der Waals surface area contributed by atoms with Gasteiger partial charge < -0.3 is 11.1 Å². The van der Waals surface area contributed by atoms with E-state index < -0.39 is 5.91 Å². The van der Waals surface area contributed by atoms with Crippen LogP contribution in [0.1, 0.15) is 32.2 Å². The third-order valence-electron chi connectivity index (χ3n) is 2.19. The Kier molecular flexibility index (Phi) is 3.93. The zero-order chi connectivity index (χ0) is 13.2. The van der Waals surface area contributed by atoms with Gasteiger partial charge in [0.15, 0.2) is 0 Å². The van der Waals surface area contributed by atoms with Gasteiger partial charge in [-0.25, -0.2) is 9.97 Å². The topological polar surface area (TPSA) is 80.9 Å². The Morgan fingerprint density at radius 1 is 1.41 bits per heavy atom. The van der Waals surface area contributed by atoms with E-state index >= 15 is 0 Å². The van der Waals surface area contributed by atoms with Crippen molar-refractivity contribution in [1.29, 1.82) is 0 Å². The quantitative estimate of drug-likeness (QED) is 0.806. The standard InChI is InChI=1S/C11H17ClN4O/c1-6-8(12)15-10(11(2,3)4)16-9(6)14-5-7(13)17/h5H2,1-4H3,(H2,13,17)(H,14,15,16). The molecule has 0 aliphatic carbocycles. The number of halogens is 1. The van der Waals surface area contributed by atoms with Crippen molar-refractivity contribution in [2.75, 3.05) is 11.9 Å². The maximum Gasteiger partial charge on any atom is 0.236 e. The monoisotopic (exact) mass is 256 g/mol. The van der Waals surface area contributed by atoms with Crippen molar-refractivity contribution in [2.45, 2.75) is 33.1 Å². The van der Waals surface area contributed by atoms with Gasteiger partial charge in [0, 0.05) is 11.0 Å². The summed E-state index contributed by atoms with van der Waals surface area (Å²) in [6, 6.07) is 0. The maximum absolute atomic E-state index is 10.7. The number of hydrogen-bond acceptors (Lipinski definition) is 4. The Morgan fingerprint density at radius 3 is 2.47 bits per heavy atom. The third kappa shape index (κ3) is 3.56. The molecule has 0 aliphatic rings. The van der Waals surface area contributed by atoms with Gasteiger partial charge in [-0.15, -0.1) is 0 Å². The summed E-state index contributed by atoms with van der Waals surface area (Å²) in [6.45, 7) is 7.79. The molecular weight excluding hydrogens is 240 g/mol. The smallest absolute Gasteiger partial charge is 0.236 e. The summed E-state index contributed by atoms with van der Waals surface area (Å²) < 4.78 is 0. The van der Waals surface area contributed by atoms with Crippen molar-refractivity contribution in [3.05, 3.63) is 16.5 Å². The Bertz CT molecular complexity index is 440. The molecule has 0 saturated heterocycles. The molecule has 6 heteroatoms. The molecule has 0 aromatic carbocycles. The van der Waals surface area contributed by atoms with Crippen LogP contribution in [0.15, 0.2) is 0 Å². The Balaban J connectivity index is 3.11. The van der Waals surface area contributed by atoms with Crippen LogP contribution in [0.4, 0.5) is 5.82 Å². The number of nitrogens with one attached hydrogen (secondary N) is 1. The van der Waals surface area contributed by atoms with Crippen molar-refractivity contribution < 1.29 is 4.79 Å². The molecule has 0 saturated carbocycles. The molecule has 94 valence electrons. The lowest BCUT2D eigenvalue weighted by atomic mass is 9.95. The predicted molar refractivity (Wildman–Crippen MR) is 68.2 cm³/mol. The van der Waals surface area contributed by atoms with E-state index in [-0.39, 0.29) is 12.0 Å². The van der Waals surface area contributed by atoms with Gasteiger partial charge in [0.05, 0.1) is 6.54 Å². The fraction of sp³-hybridized carbons (Fsp3) is 0.545. The van der Waals surface area contributed by atoms with E-state index in [4.69, 9.17) is 17.3 Å². The second kappa shape index (κ2) is 4.87. The predicted octanol–water partition coefficient (Wildman–Crippen LogP) is 1.63. The van der Waals surface area contributed by atoms with Gasteiger partial charge in [-0.1, -0.05) is 32.4 Å². The van der Waals surface area contributed by atoms with Gasteiger partial charge in [0.2, 0.25) is 5.91 Å². The lowest BCUT2D eigenvalue weighted by molar-refractivity contribution is -0.116. The molecule has 0 radical (unpaired) electrons. The summed E-state index contributed by atoms with van der Waals surface area (Å²) in [6.07, 6.45) is 0. The van der Waals surface area contributed by atoms with E-state index in [0.29, 0.717) is 22.4 Å². The lowest BCUT2D eigenvalue weighted by Crippen LogP contribution is -2.24. The molecular formula is C11H17ClN4O. The van der Waals surface area contributed by atoms with E-state index in [0.717, 1.165) is 0 Å². The van der Waals surface area contributed by atoms with E-state index in [9.17, 15) is 4.79 Å². The number of amides is 1. The second-order valence-corrected chi connectivity index (χ2v) is 5.24. The van der Waals surface area contributed by atoms with E-state index in [1.54, 1.807) is 6.92 Å². The minimum Gasteiger partial charge on any atom is -0.368 e. The highest BCUT2D eigenvalue weighted by molar-refractivity contribution is 6.30. The molecule has 3 N–H and O–H groups in total. The van der Waals surface area contributed by atoms with Gasteiger partial charge in [0.1, 0.15) is 16.8 Å². The molecule has 0 spiro atoms. The van der Waals surface area contributed by atoms with Crippen LogP contribution in [0.2, 0.25) is 5.15 Å². The van der Waals surface area contributed by atoms with Crippen LogP contribution in [0.5, 0.6) is 0 Å². The summed E-state index contributed by atoms with van der Waals surface area (Å²) in [5, 5.41) is 3.24. The van der Waals surface area contributed by atoms with Gasteiger partial charge in [0.25, 0.3) is 0 Å². The molecule has 17 heavy (non-hydrogen) atoms. The maximum atomic E-state index is 10.7. The normalized spacial score (nSPS) is 11.4. The van der Waals surface area contributed by atoms with Crippen LogP contribution in [0.25, 0.3) is 0 Å². The first kappa shape index (κ1) is 13.7. The van der Waals surface area contributed by atoms with Crippen LogP contribution in [0.3, 0.4) is 0 Å². The van der Waals surface area contributed by atoms with Crippen LogP contribution < -0.4 is 11.1 Å². The van der Waals surface area contributed by atoms with Crippen molar-refractivity contribution >= 4 is 23.3 Å². The molecule has 0 aliphatic heterocycles. The van der Waals surface area contributed by atoms with Crippen LogP contribution in [-0.4, -0.2) is 22.4 Å². The number of carbonyl (C=O) groups excluding carboxylic acids is 1. The van der Waals surface area contributed by atoms with Crippen LogP contribution in [-0.2, 0) is 10.2 Å². The molecule has 1 heterocycles. The van der Waals surface area contributed by atoms with Gasteiger partial charge >= 0.3 is 0 Å². The fourth-order valence-corrected chi connectivity index (χ4v) is 1.34. The largest absolute Gasteiger partial charge is 0.368 e. The SMILES string of the molecule is Cc1c(Cl)nc(C(C)(C)C)nc1NCC(N)=O. The summed E-state index contributed by atoms with van der Waals surface area (Å²) in [5.74, 6) is 0.727. The van der Waals surface area contributed by atoms with E-state index in [2.05, 4.69) is 15.3 Å². The van der Waals surface area contributed by atoms with Crippen molar-refractivity contribution in [3.63, 3.8) is 0 Å². The highest BCUT2D eigenvalue weighted by Gasteiger charge is 2.20. The summed E-state index contributed by atoms with van der Waals surface area (Å²) in [7, 11) is 0. The van der Waals surface area contributed by atoms with Crippen molar-refractivity contribution in [2.24, 2.45) is 5.73 Å². The first-order valence-electron chi connectivity index (χ1n) is 5.28. The van der Waals surface area contributed by atoms with Crippen molar-refractivity contribution in [3.8, 4) is 0 Å². The number of rotatable bonds is 3. The lowest BCUT2D eigenvalue weighted by Gasteiger charge is -2.19. The Labute approximate surface area is 106 Å². The first-order valence-corrected chi connectivity index (χ1v) is 5.66. The van der Waals surface area contributed by atoms with E-state index in [1.807, 2.05) is 20.8 Å². The summed E-state index contributed by atoms with van der Waals surface area (Å²) in [5.41, 5.74) is 5.58. The van der Waals surface area contributed by atoms with E-state index in [1.165, 1.54) is 0 Å². The van der Waals surface area contributed by atoms with Gasteiger partial charge in [-0.05, 0) is 6.92 Å². The first-order chi connectivity index (χ1) is 7.71. The average molecular weight is 257 g/mol. The van der Waals surface area contributed by atoms with Crippen LogP contribution >= 0.6 is 11.6 Å². The Hall–Kier alpha value is -1.36. The fourth-order valence-electron chi connectivity index (χ4n) is 1.17. The van der Waals surface area contributed by atoms with Crippen LogP contribution in [0, 0.1) is 6.92 Å². The number of primary amides is 1. The number of carbonyl (C=O) groups is 1. The number of nitrogens with two attached hydrogens (primary N) is 1. The molecule has 1 aromatic heterocycles. The molecule has 0 unspecified atom stereocenters. The summed E-state index contributed by atoms with van der Waals surface area (Å²) >= 11 is 6.03. The zero-order valence-electron chi connectivity index (χ0n) is 10.5. The average Bonchev–Trinajstić information content (AvgIpc) is 2.18. The number of hydrogen-bond donors (Lipinski definition) is 2. The molecule has 5 nitrogen and oxygen atoms in total. The highest BCUT2D eigenvalue weighted by Crippen LogP contribution is 2.25. The third-order valence-corrected chi connectivity index (χ3v) is 2.56. The minimum atomic E-state index is -0.448. The number of anilines is 1. The highest BCUT2D eigenvalue weighted by atomic mass is 35.5. The van der Waals surface area contributed by atoms with Gasteiger partial charge in [-0.3, -0.25) is 4.79 Å². The molecule has 1 amide bonds. The second-order valence-electron chi connectivity index (χ2n) is 4.88. The molecule has 0 atom stereocenters. The molecule has 0 fully saturated rings. The van der Waals surface area contributed by atoms with Crippen molar-refractivity contribution in [1.82, 2.24) is 9.97 Å². The zero-order valence-corrected chi connectivity index (χ0v) is 11.2. The van der Waals surface area contributed by atoms with Gasteiger partial charge in [-0.2, -0.15) is 0 Å². The summed E-state index contributed by atoms with van der Waals surface area (Å²) in [4.78, 5) is 19.3. The Morgan fingerprint density at radius 2 is 2.00 bits per heavy atom. The molecule has 1 aromatic rings. The molecule has 1 rings (SSSR count). The minimum absolute atomic E-state index is 0.0256. The number of aromatic nitrogens is 2.